The van der Waals surface area contributed by atoms with E-state index < -0.39 is 24.1 Å². The van der Waals surface area contributed by atoms with Crippen molar-refractivity contribution in [2.75, 3.05) is 20.3 Å². The van der Waals surface area contributed by atoms with Gasteiger partial charge in [-0.05, 0) is 38.0 Å². The van der Waals surface area contributed by atoms with E-state index in [1.807, 2.05) is 19.2 Å². The Labute approximate surface area is 152 Å². The van der Waals surface area contributed by atoms with E-state index in [2.05, 4.69) is 4.74 Å². The molecule has 0 saturated carbocycles. The van der Waals surface area contributed by atoms with Crippen LogP contribution in [0, 0.1) is 0 Å². The second kappa shape index (κ2) is 11.0. The zero-order chi connectivity index (χ0) is 19.5. The van der Waals surface area contributed by atoms with Gasteiger partial charge in [0.25, 0.3) is 5.91 Å². The number of imide groups is 1. The fourth-order valence-corrected chi connectivity index (χ4v) is 1.83. The molecule has 0 bridgehead atoms. The lowest BCUT2D eigenvalue weighted by molar-refractivity contribution is -0.128. The van der Waals surface area contributed by atoms with Gasteiger partial charge in [0, 0.05) is 0 Å². The largest absolute Gasteiger partial charge is 0.490 e. The van der Waals surface area contributed by atoms with Gasteiger partial charge < -0.3 is 18.9 Å². The Balaban J connectivity index is 2.84. The number of nitrogens with one attached hydrogen (secondary N) is 1. The molecule has 8 heteroatoms. The molecule has 0 aliphatic rings. The van der Waals surface area contributed by atoms with Crippen molar-refractivity contribution in [2.24, 2.45) is 0 Å². The number of esters is 1. The minimum atomic E-state index is -1.17. The Morgan fingerprint density at radius 3 is 2.23 bits per heavy atom. The molecule has 0 unspecified atom stereocenters. The van der Waals surface area contributed by atoms with E-state index in [1.54, 1.807) is 6.07 Å². The number of benzene rings is 1. The lowest BCUT2D eigenvalue weighted by Gasteiger charge is -2.15. The molecular formula is C18H25NO7. The van der Waals surface area contributed by atoms with Crippen molar-refractivity contribution in [3.8, 4) is 11.5 Å². The van der Waals surface area contributed by atoms with Gasteiger partial charge in [0.05, 0.1) is 25.9 Å². The minimum absolute atomic E-state index is 0.206. The number of carbonyl (C=O) groups excluding carboxylic acids is 3. The van der Waals surface area contributed by atoms with Gasteiger partial charge in [-0.15, -0.1) is 0 Å². The minimum Gasteiger partial charge on any atom is -0.490 e. The smallest absolute Gasteiger partial charge is 0.413 e. The van der Waals surface area contributed by atoms with Crippen LogP contribution in [-0.2, 0) is 14.3 Å². The van der Waals surface area contributed by atoms with Crippen molar-refractivity contribution in [3.05, 3.63) is 23.8 Å². The second-order valence-electron chi connectivity index (χ2n) is 5.39. The number of amides is 2. The molecule has 1 N–H and O–H groups in total. The molecule has 2 amide bonds. The molecule has 0 saturated heterocycles. The molecule has 0 aliphatic carbocycles. The van der Waals surface area contributed by atoms with E-state index in [0.717, 1.165) is 20.0 Å². The van der Waals surface area contributed by atoms with E-state index in [4.69, 9.17) is 14.2 Å². The van der Waals surface area contributed by atoms with Crippen LogP contribution in [0.25, 0.3) is 0 Å². The van der Waals surface area contributed by atoms with Gasteiger partial charge in [-0.1, -0.05) is 13.8 Å². The predicted octanol–water partition coefficient (Wildman–Crippen LogP) is 2.69. The molecule has 1 atom stereocenters. The summed E-state index contributed by atoms with van der Waals surface area (Å²) in [5, 5.41) is 1.94. The van der Waals surface area contributed by atoms with Crippen molar-refractivity contribution < 1.29 is 33.3 Å². The Morgan fingerprint density at radius 1 is 1.04 bits per heavy atom. The SMILES string of the molecule is CCCOc1ccc(C(=O)O[C@H](C)C(=O)NC(=O)OC)cc1OCCC. The number of alkyl carbamates (subject to hydrolysis) is 1. The van der Waals surface area contributed by atoms with Crippen molar-refractivity contribution in [1.82, 2.24) is 5.32 Å². The van der Waals surface area contributed by atoms with Crippen LogP contribution < -0.4 is 14.8 Å². The number of rotatable bonds is 9. The summed E-state index contributed by atoms with van der Waals surface area (Å²) in [6.45, 7) is 6.30. The Bertz CT molecular complexity index is 630. The molecule has 0 radical (unpaired) electrons. The molecule has 1 aromatic rings. The number of hydrogen-bond acceptors (Lipinski definition) is 7. The zero-order valence-corrected chi connectivity index (χ0v) is 15.5. The first-order valence-corrected chi connectivity index (χ1v) is 8.42. The number of carbonyl (C=O) groups is 3. The van der Waals surface area contributed by atoms with Gasteiger partial charge in [0.2, 0.25) is 0 Å². The van der Waals surface area contributed by atoms with Crippen LogP contribution in [0.1, 0.15) is 44.0 Å². The molecule has 0 fully saturated rings. The Morgan fingerprint density at radius 2 is 1.65 bits per heavy atom. The average Bonchev–Trinajstić information content (AvgIpc) is 2.64. The van der Waals surface area contributed by atoms with Crippen molar-refractivity contribution >= 4 is 18.0 Å². The third-order valence-electron chi connectivity index (χ3n) is 3.17. The van der Waals surface area contributed by atoms with Crippen LogP contribution in [0.2, 0.25) is 0 Å². The van der Waals surface area contributed by atoms with Gasteiger partial charge >= 0.3 is 12.1 Å². The fraction of sp³-hybridized carbons (Fsp3) is 0.500. The van der Waals surface area contributed by atoms with Crippen LogP contribution >= 0.6 is 0 Å². The van der Waals surface area contributed by atoms with Gasteiger partial charge in [-0.25, -0.2) is 9.59 Å². The molecule has 0 aliphatic heterocycles. The maximum atomic E-state index is 12.3. The lowest BCUT2D eigenvalue weighted by atomic mass is 10.2. The first-order chi connectivity index (χ1) is 12.4. The van der Waals surface area contributed by atoms with Gasteiger partial charge in [-0.3, -0.25) is 10.1 Å². The van der Waals surface area contributed by atoms with Crippen molar-refractivity contribution in [2.45, 2.75) is 39.7 Å². The molecular weight excluding hydrogens is 342 g/mol. The van der Waals surface area contributed by atoms with Crippen LogP contribution in [0.15, 0.2) is 18.2 Å². The standard InChI is InChI=1S/C18H25NO7/c1-5-9-24-14-8-7-13(11-15(14)25-10-6-2)17(21)26-12(3)16(20)19-18(22)23-4/h7-8,11-12H,5-6,9-10H2,1-4H3,(H,19,20,22)/t12-/m1/s1. The molecule has 0 heterocycles. The summed E-state index contributed by atoms with van der Waals surface area (Å²) >= 11 is 0. The van der Waals surface area contributed by atoms with E-state index in [9.17, 15) is 14.4 Å². The quantitative estimate of drug-likeness (QED) is 0.670. The maximum Gasteiger partial charge on any atom is 0.413 e. The van der Waals surface area contributed by atoms with Crippen LogP contribution in [0.4, 0.5) is 4.79 Å². The lowest BCUT2D eigenvalue weighted by Crippen LogP contribution is -2.39. The van der Waals surface area contributed by atoms with E-state index >= 15 is 0 Å². The van der Waals surface area contributed by atoms with Crippen molar-refractivity contribution in [1.29, 1.82) is 0 Å². The third-order valence-corrected chi connectivity index (χ3v) is 3.17. The molecule has 1 aromatic carbocycles. The molecule has 26 heavy (non-hydrogen) atoms. The molecule has 144 valence electrons. The van der Waals surface area contributed by atoms with E-state index in [0.29, 0.717) is 24.7 Å². The highest BCUT2D eigenvalue weighted by atomic mass is 16.6. The molecule has 8 nitrogen and oxygen atoms in total. The summed E-state index contributed by atoms with van der Waals surface area (Å²) in [7, 11) is 1.12. The topological polar surface area (TPSA) is 100 Å². The monoisotopic (exact) mass is 367 g/mol. The molecule has 0 spiro atoms. The predicted molar refractivity (Wildman–Crippen MR) is 93.4 cm³/mol. The zero-order valence-electron chi connectivity index (χ0n) is 15.5. The number of ether oxygens (including phenoxy) is 4. The van der Waals surface area contributed by atoms with Gasteiger partial charge in [0.1, 0.15) is 0 Å². The summed E-state index contributed by atoms with van der Waals surface area (Å²) in [4.78, 5) is 35.0. The normalized spacial score (nSPS) is 11.2. The van der Waals surface area contributed by atoms with E-state index in [-0.39, 0.29) is 5.56 Å². The summed E-state index contributed by atoms with van der Waals surface area (Å²) in [6, 6.07) is 4.65. The molecule has 1 rings (SSSR count). The fourth-order valence-electron chi connectivity index (χ4n) is 1.83. The summed E-state index contributed by atoms with van der Waals surface area (Å²) in [5.74, 6) is -0.536. The highest BCUT2D eigenvalue weighted by Crippen LogP contribution is 2.29. The Kier molecular flexibility index (Phi) is 8.97. The molecule has 0 aromatic heterocycles. The second-order valence-corrected chi connectivity index (χ2v) is 5.39. The number of hydrogen-bond donors (Lipinski definition) is 1. The summed E-state index contributed by atoms with van der Waals surface area (Å²) in [6.07, 6.45) is -0.459. The maximum absolute atomic E-state index is 12.3. The first-order valence-electron chi connectivity index (χ1n) is 8.42. The third kappa shape index (κ3) is 6.62. The summed E-state index contributed by atoms with van der Waals surface area (Å²) in [5.41, 5.74) is 0.206. The highest BCUT2D eigenvalue weighted by Gasteiger charge is 2.22. The van der Waals surface area contributed by atoms with Crippen LogP contribution in [0.5, 0.6) is 11.5 Å². The van der Waals surface area contributed by atoms with E-state index in [1.165, 1.54) is 19.1 Å². The Hall–Kier alpha value is -2.77. The van der Waals surface area contributed by atoms with Crippen LogP contribution in [-0.4, -0.2) is 44.4 Å². The first kappa shape index (κ1) is 21.3. The van der Waals surface area contributed by atoms with Crippen LogP contribution in [0.3, 0.4) is 0 Å². The number of methoxy groups -OCH3 is 1. The average molecular weight is 367 g/mol. The van der Waals surface area contributed by atoms with Crippen molar-refractivity contribution in [3.63, 3.8) is 0 Å². The summed E-state index contributed by atoms with van der Waals surface area (Å²) < 4.78 is 20.6. The van der Waals surface area contributed by atoms with Gasteiger partial charge in [0.15, 0.2) is 17.6 Å². The van der Waals surface area contributed by atoms with Gasteiger partial charge in [-0.2, -0.15) is 0 Å². The highest BCUT2D eigenvalue weighted by molar-refractivity contribution is 5.97.